The topological polar surface area (TPSA) is 77.1 Å². The lowest BCUT2D eigenvalue weighted by Gasteiger charge is -2.06. The fourth-order valence-corrected chi connectivity index (χ4v) is 1.21. The van der Waals surface area contributed by atoms with Crippen molar-refractivity contribution < 1.29 is 4.79 Å². The van der Waals surface area contributed by atoms with Crippen LogP contribution < -0.4 is 16.6 Å². The average molecular weight is 246 g/mol. The van der Waals surface area contributed by atoms with Crippen molar-refractivity contribution in [2.24, 2.45) is 5.73 Å². The van der Waals surface area contributed by atoms with Gasteiger partial charge in [-0.15, -0.1) is 12.4 Å². The number of amides is 1. The van der Waals surface area contributed by atoms with Gasteiger partial charge < -0.3 is 15.6 Å². The first-order valence-electron chi connectivity index (χ1n) is 4.87. The van der Waals surface area contributed by atoms with E-state index < -0.39 is 0 Å². The molecule has 3 N–H and O–H groups in total. The van der Waals surface area contributed by atoms with Crippen molar-refractivity contribution in [3.63, 3.8) is 0 Å². The highest BCUT2D eigenvalue weighted by Gasteiger charge is 2.01. The second kappa shape index (κ2) is 7.03. The molecule has 0 saturated heterocycles. The largest absolute Gasteiger partial charge is 0.330 e. The number of rotatable bonds is 4. The Kier molecular flexibility index (Phi) is 6.44. The fourth-order valence-electron chi connectivity index (χ4n) is 1.21. The van der Waals surface area contributed by atoms with Gasteiger partial charge in [0.15, 0.2) is 0 Å². The van der Waals surface area contributed by atoms with Gasteiger partial charge in [0.2, 0.25) is 5.91 Å². The van der Waals surface area contributed by atoms with Gasteiger partial charge >= 0.3 is 0 Å². The van der Waals surface area contributed by atoms with Gasteiger partial charge in [-0.1, -0.05) is 0 Å². The molecule has 0 spiro atoms. The minimum atomic E-state index is -0.140. The second-order valence-electron chi connectivity index (χ2n) is 3.13. The Morgan fingerprint density at radius 2 is 2.19 bits per heavy atom. The Bertz CT molecular complexity index is 403. The van der Waals surface area contributed by atoms with Crippen LogP contribution in [0.5, 0.6) is 0 Å². The first-order valence-corrected chi connectivity index (χ1v) is 4.87. The van der Waals surface area contributed by atoms with E-state index in [4.69, 9.17) is 5.73 Å². The number of carbonyl (C=O) groups is 1. The minimum absolute atomic E-state index is 0. The molecule has 0 aliphatic heterocycles. The van der Waals surface area contributed by atoms with E-state index in [0.29, 0.717) is 18.8 Å². The number of pyridine rings is 1. The van der Waals surface area contributed by atoms with Crippen LogP contribution in [0.1, 0.15) is 13.3 Å². The average Bonchev–Trinajstić information content (AvgIpc) is 2.21. The predicted octanol–water partition coefficient (Wildman–Crippen LogP) is 0.577. The van der Waals surface area contributed by atoms with Crippen LogP contribution in [0.4, 0.5) is 5.69 Å². The van der Waals surface area contributed by atoms with E-state index in [1.165, 1.54) is 10.6 Å². The van der Waals surface area contributed by atoms with Crippen LogP contribution >= 0.6 is 12.4 Å². The van der Waals surface area contributed by atoms with E-state index in [9.17, 15) is 9.59 Å². The third-order valence-electron chi connectivity index (χ3n) is 1.98. The van der Waals surface area contributed by atoms with Crippen LogP contribution in [0.3, 0.4) is 0 Å². The number of nitrogens with zero attached hydrogens (tertiary/aromatic N) is 1. The number of nitrogens with one attached hydrogen (secondary N) is 1. The van der Waals surface area contributed by atoms with Gasteiger partial charge in [-0.25, -0.2) is 0 Å². The number of anilines is 1. The van der Waals surface area contributed by atoms with Gasteiger partial charge in [0, 0.05) is 31.8 Å². The summed E-state index contributed by atoms with van der Waals surface area (Å²) in [5, 5.41) is 2.67. The van der Waals surface area contributed by atoms with Crippen molar-refractivity contribution in [1.29, 1.82) is 0 Å². The summed E-state index contributed by atoms with van der Waals surface area (Å²) in [5.74, 6) is -0.140. The number of hydrogen-bond donors (Lipinski definition) is 2. The number of aromatic nitrogens is 1. The van der Waals surface area contributed by atoms with Crippen molar-refractivity contribution in [2.45, 2.75) is 19.9 Å². The zero-order valence-corrected chi connectivity index (χ0v) is 9.92. The summed E-state index contributed by atoms with van der Waals surface area (Å²) in [6.07, 6.45) is 1.90. The lowest BCUT2D eigenvalue weighted by Crippen LogP contribution is -2.20. The normalized spacial score (nSPS) is 9.38. The summed E-state index contributed by atoms with van der Waals surface area (Å²) < 4.78 is 1.53. The first kappa shape index (κ1) is 14.7. The Balaban J connectivity index is 0.00000225. The highest BCUT2D eigenvalue weighted by molar-refractivity contribution is 5.90. The van der Waals surface area contributed by atoms with Gasteiger partial charge in [-0.3, -0.25) is 9.59 Å². The molecule has 0 fully saturated rings. The highest BCUT2D eigenvalue weighted by atomic mass is 35.5. The van der Waals surface area contributed by atoms with E-state index in [1.807, 2.05) is 6.92 Å². The third kappa shape index (κ3) is 4.04. The SMILES string of the molecule is CCn1cc(NC(=O)CCN)ccc1=O.Cl. The summed E-state index contributed by atoms with van der Waals surface area (Å²) >= 11 is 0. The Morgan fingerprint density at radius 3 is 2.75 bits per heavy atom. The summed E-state index contributed by atoms with van der Waals surface area (Å²) in [4.78, 5) is 22.5. The predicted molar refractivity (Wildman–Crippen MR) is 65.9 cm³/mol. The van der Waals surface area contributed by atoms with Gasteiger partial charge in [0.05, 0.1) is 5.69 Å². The molecular weight excluding hydrogens is 230 g/mol. The molecule has 0 aromatic carbocycles. The van der Waals surface area contributed by atoms with Crippen LogP contribution in [-0.4, -0.2) is 17.0 Å². The fraction of sp³-hybridized carbons (Fsp3) is 0.400. The van der Waals surface area contributed by atoms with E-state index in [2.05, 4.69) is 5.32 Å². The molecule has 1 aromatic rings. The Hall–Kier alpha value is -1.33. The van der Waals surface area contributed by atoms with Crippen molar-refractivity contribution >= 4 is 24.0 Å². The standard InChI is InChI=1S/C10H15N3O2.ClH/c1-2-13-7-8(3-4-10(13)15)12-9(14)5-6-11;/h3-4,7H,2,5-6,11H2,1H3,(H,12,14);1H. The van der Waals surface area contributed by atoms with Crippen molar-refractivity contribution in [2.75, 3.05) is 11.9 Å². The lowest BCUT2D eigenvalue weighted by atomic mass is 10.3. The van der Waals surface area contributed by atoms with E-state index in [1.54, 1.807) is 12.3 Å². The van der Waals surface area contributed by atoms with Crippen LogP contribution in [0.25, 0.3) is 0 Å². The molecule has 1 rings (SSSR count). The Labute approximate surface area is 100 Å². The van der Waals surface area contributed by atoms with Crippen LogP contribution in [-0.2, 0) is 11.3 Å². The number of aryl methyl sites for hydroxylation is 1. The molecule has 1 amide bonds. The van der Waals surface area contributed by atoms with Gasteiger partial charge in [-0.05, 0) is 13.0 Å². The van der Waals surface area contributed by atoms with Crippen LogP contribution in [0, 0.1) is 0 Å². The second-order valence-corrected chi connectivity index (χ2v) is 3.13. The molecule has 0 aliphatic carbocycles. The van der Waals surface area contributed by atoms with Crippen molar-refractivity contribution in [1.82, 2.24) is 4.57 Å². The number of halogens is 1. The highest BCUT2D eigenvalue weighted by Crippen LogP contribution is 2.03. The smallest absolute Gasteiger partial charge is 0.250 e. The van der Waals surface area contributed by atoms with E-state index in [-0.39, 0.29) is 30.3 Å². The maximum Gasteiger partial charge on any atom is 0.250 e. The van der Waals surface area contributed by atoms with Gasteiger partial charge in [0.1, 0.15) is 0 Å². The lowest BCUT2D eigenvalue weighted by molar-refractivity contribution is -0.116. The minimum Gasteiger partial charge on any atom is -0.330 e. The maximum absolute atomic E-state index is 11.2. The molecule has 16 heavy (non-hydrogen) atoms. The molecule has 0 bridgehead atoms. The van der Waals surface area contributed by atoms with Crippen molar-refractivity contribution in [3.8, 4) is 0 Å². The molecule has 6 heteroatoms. The summed E-state index contributed by atoms with van der Waals surface area (Å²) in [6, 6.07) is 3.02. The van der Waals surface area contributed by atoms with Crippen molar-refractivity contribution in [3.05, 3.63) is 28.7 Å². The number of carbonyl (C=O) groups excluding carboxylic acids is 1. The van der Waals surface area contributed by atoms with Crippen LogP contribution in [0.2, 0.25) is 0 Å². The quantitative estimate of drug-likeness (QED) is 0.815. The molecule has 0 saturated carbocycles. The molecule has 0 atom stereocenters. The molecule has 1 heterocycles. The summed E-state index contributed by atoms with van der Waals surface area (Å²) in [5.41, 5.74) is 5.79. The molecule has 0 radical (unpaired) electrons. The molecule has 0 aliphatic rings. The monoisotopic (exact) mass is 245 g/mol. The zero-order valence-electron chi connectivity index (χ0n) is 9.10. The zero-order chi connectivity index (χ0) is 11.3. The maximum atomic E-state index is 11.2. The van der Waals surface area contributed by atoms with Crippen LogP contribution in [0.15, 0.2) is 23.1 Å². The molecule has 90 valence electrons. The third-order valence-corrected chi connectivity index (χ3v) is 1.98. The van der Waals surface area contributed by atoms with E-state index in [0.717, 1.165) is 0 Å². The number of nitrogens with two attached hydrogens (primary N) is 1. The molecule has 0 unspecified atom stereocenters. The molecule has 1 aromatic heterocycles. The summed E-state index contributed by atoms with van der Waals surface area (Å²) in [7, 11) is 0. The van der Waals surface area contributed by atoms with Gasteiger partial charge in [-0.2, -0.15) is 0 Å². The molecular formula is C10H16ClN3O2. The Morgan fingerprint density at radius 1 is 1.50 bits per heavy atom. The van der Waals surface area contributed by atoms with E-state index >= 15 is 0 Å². The number of hydrogen-bond acceptors (Lipinski definition) is 3. The summed E-state index contributed by atoms with van der Waals surface area (Å²) in [6.45, 7) is 2.77. The first-order chi connectivity index (χ1) is 7.17. The molecule has 5 nitrogen and oxygen atoms in total. The van der Waals surface area contributed by atoms with Gasteiger partial charge in [0.25, 0.3) is 5.56 Å².